The number of fused-ring (bicyclic) bond motifs is 1. The van der Waals surface area contributed by atoms with Crippen molar-refractivity contribution < 1.29 is 0 Å². The first-order valence-corrected chi connectivity index (χ1v) is 14.6. The van der Waals surface area contributed by atoms with Crippen molar-refractivity contribution >= 4 is 24.4 Å². The van der Waals surface area contributed by atoms with Crippen molar-refractivity contribution in [3.05, 3.63) is 114 Å². The predicted molar refractivity (Wildman–Crippen MR) is 137 cm³/mol. The van der Waals surface area contributed by atoms with E-state index in [1.54, 1.807) is 16.0 Å². The average molecular weight is 421 g/mol. The summed E-state index contributed by atoms with van der Waals surface area (Å²) in [5.41, 5.74) is 5.74. The van der Waals surface area contributed by atoms with Crippen LogP contribution in [-0.2, 0) is 0 Å². The van der Waals surface area contributed by atoms with Crippen LogP contribution in [0.3, 0.4) is 0 Å². The van der Waals surface area contributed by atoms with Crippen LogP contribution in [0.15, 0.2) is 103 Å². The molecule has 2 aliphatic carbocycles. The lowest BCUT2D eigenvalue weighted by molar-refractivity contribution is 0.409. The molecule has 1 saturated carbocycles. The van der Waals surface area contributed by atoms with E-state index in [0.29, 0.717) is 5.92 Å². The number of benzene rings is 3. The van der Waals surface area contributed by atoms with Gasteiger partial charge >= 0.3 is 0 Å². The first-order valence-electron chi connectivity index (χ1n) is 11.6. The number of hydrogen-bond acceptors (Lipinski definition) is 0. The van der Waals surface area contributed by atoms with Gasteiger partial charge in [-0.25, -0.2) is 0 Å². The van der Waals surface area contributed by atoms with Gasteiger partial charge in [0.15, 0.2) is 0 Å². The van der Waals surface area contributed by atoms with E-state index in [2.05, 4.69) is 104 Å². The summed E-state index contributed by atoms with van der Waals surface area (Å²) < 4.78 is 0. The average Bonchev–Trinajstić information content (AvgIpc) is 3.38. The minimum Gasteiger partial charge on any atom is -0.0943 e. The van der Waals surface area contributed by atoms with Crippen LogP contribution < -0.4 is 5.19 Å². The Bertz CT molecular complexity index is 1110. The van der Waals surface area contributed by atoms with Crippen LogP contribution in [-0.4, -0.2) is 8.07 Å². The van der Waals surface area contributed by atoms with Crippen molar-refractivity contribution in [3.8, 4) is 0 Å². The normalized spacial score (nSPS) is 23.1. The third kappa shape index (κ3) is 3.18. The summed E-state index contributed by atoms with van der Waals surface area (Å²) in [6.45, 7) is 9.90. The molecule has 0 nitrogen and oxygen atoms in total. The molecule has 0 heterocycles. The van der Waals surface area contributed by atoms with Gasteiger partial charge in [0.2, 0.25) is 0 Å². The van der Waals surface area contributed by atoms with E-state index in [0.717, 1.165) is 0 Å². The van der Waals surface area contributed by atoms with Gasteiger partial charge in [-0.1, -0.05) is 127 Å². The third-order valence-electron chi connectivity index (χ3n) is 7.99. The summed E-state index contributed by atoms with van der Waals surface area (Å²) in [6.07, 6.45) is 5.06. The zero-order valence-corrected chi connectivity index (χ0v) is 19.8. The second-order valence-corrected chi connectivity index (χ2v) is 14.3. The van der Waals surface area contributed by atoms with E-state index >= 15 is 0 Å². The molecule has 2 atom stereocenters. The van der Waals surface area contributed by atoms with E-state index in [1.165, 1.54) is 42.4 Å². The Labute approximate surface area is 188 Å². The van der Waals surface area contributed by atoms with Gasteiger partial charge in [0.1, 0.15) is 8.07 Å². The first kappa shape index (κ1) is 20.3. The van der Waals surface area contributed by atoms with E-state index in [4.69, 9.17) is 6.58 Å². The van der Waals surface area contributed by atoms with E-state index < -0.39 is 8.07 Å². The lowest BCUT2D eigenvalue weighted by Crippen LogP contribution is -2.44. The Kier molecular flexibility index (Phi) is 5.10. The largest absolute Gasteiger partial charge is 0.108 e. The van der Waals surface area contributed by atoms with Gasteiger partial charge in [-0.3, -0.25) is 0 Å². The zero-order chi connectivity index (χ0) is 21.5. The molecule has 0 spiro atoms. The molecule has 0 bridgehead atoms. The highest BCUT2D eigenvalue weighted by Crippen LogP contribution is 2.66. The van der Waals surface area contributed by atoms with Crippen molar-refractivity contribution in [2.75, 3.05) is 0 Å². The van der Waals surface area contributed by atoms with E-state index in [9.17, 15) is 0 Å². The van der Waals surface area contributed by atoms with Crippen LogP contribution in [0.25, 0.3) is 11.1 Å². The molecule has 0 unspecified atom stereocenters. The van der Waals surface area contributed by atoms with Gasteiger partial charge in [-0.05, 0) is 47.5 Å². The summed E-state index contributed by atoms with van der Waals surface area (Å²) in [5, 5.41) is 3.28. The zero-order valence-electron chi connectivity index (χ0n) is 18.8. The molecular formula is C30H32Si. The third-order valence-corrected chi connectivity index (χ3v) is 11.7. The Morgan fingerprint density at radius 1 is 0.839 bits per heavy atom. The van der Waals surface area contributed by atoms with E-state index in [-0.39, 0.29) is 5.41 Å². The van der Waals surface area contributed by atoms with Crippen molar-refractivity contribution in [2.45, 2.75) is 38.8 Å². The molecule has 0 saturated heterocycles. The van der Waals surface area contributed by atoms with Crippen molar-refractivity contribution in [3.63, 3.8) is 0 Å². The van der Waals surface area contributed by atoms with Crippen molar-refractivity contribution in [1.82, 2.24) is 0 Å². The highest BCUT2D eigenvalue weighted by Gasteiger charge is 2.55. The summed E-state index contributed by atoms with van der Waals surface area (Å²) in [7, 11) is -1.81. The standard InChI is InChI=1S/C30H32Si/c1-23(24-14-7-4-8-15-24)30-21-13-18-26(30)22-28(29(30)25-16-9-5-10-17-25)31(2,3)27-19-11-6-12-20-27/h4-12,14-17,19-20,26H,1,13,18,21-22H2,2-3H3/t26-,30+/m1/s1. The van der Waals surface area contributed by atoms with Crippen LogP contribution in [0.5, 0.6) is 0 Å². The molecule has 0 N–H and O–H groups in total. The molecule has 0 amide bonds. The maximum absolute atomic E-state index is 4.79. The van der Waals surface area contributed by atoms with Crippen molar-refractivity contribution in [1.29, 1.82) is 0 Å². The van der Waals surface area contributed by atoms with Crippen LogP contribution in [0.2, 0.25) is 13.1 Å². The van der Waals surface area contributed by atoms with E-state index in [1.807, 2.05) is 0 Å². The fourth-order valence-corrected chi connectivity index (χ4v) is 9.50. The molecule has 0 aromatic heterocycles. The van der Waals surface area contributed by atoms with Crippen LogP contribution in [0, 0.1) is 11.3 Å². The first-order chi connectivity index (χ1) is 15.0. The summed E-state index contributed by atoms with van der Waals surface area (Å²) in [6, 6.07) is 33.4. The predicted octanol–water partition coefficient (Wildman–Crippen LogP) is 7.50. The second kappa shape index (κ2) is 7.80. The Balaban J connectivity index is 1.76. The molecule has 0 aliphatic heterocycles. The molecule has 0 radical (unpaired) electrons. The lowest BCUT2D eigenvalue weighted by Gasteiger charge is -2.37. The molecule has 3 aromatic carbocycles. The Morgan fingerprint density at radius 3 is 2.06 bits per heavy atom. The molecule has 156 valence electrons. The Morgan fingerprint density at radius 2 is 1.42 bits per heavy atom. The molecular weight excluding hydrogens is 388 g/mol. The molecule has 31 heavy (non-hydrogen) atoms. The topological polar surface area (TPSA) is 0 Å². The van der Waals surface area contributed by atoms with Gasteiger partial charge in [0.05, 0.1) is 0 Å². The molecule has 1 fully saturated rings. The van der Waals surface area contributed by atoms with Gasteiger partial charge in [-0.15, -0.1) is 0 Å². The number of rotatable bonds is 5. The smallest absolute Gasteiger partial charge is 0.0943 e. The van der Waals surface area contributed by atoms with Crippen molar-refractivity contribution in [2.24, 2.45) is 11.3 Å². The quantitative estimate of drug-likeness (QED) is 0.375. The second-order valence-electron chi connectivity index (χ2n) is 9.82. The minimum atomic E-state index is -1.81. The lowest BCUT2D eigenvalue weighted by atomic mass is 9.67. The number of allylic oxidation sites excluding steroid dienone is 3. The summed E-state index contributed by atoms with van der Waals surface area (Å²) >= 11 is 0. The van der Waals surface area contributed by atoms with Gasteiger partial charge in [0, 0.05) is 5.41 Å². The molecule has 5 rings (SSSR count). The molecule has 3 aromatic rings. The molecule has 1 heteroatoms. The highest BCUT2D eigenvalue weighted by atomic mass is 28.3. The minimum absolute atomic E-state index is 0.0666. The van der Waals surface area contributed by atoms with Crippen LogP contribution in [0.4, 0.5) is 0 Å². The highest BCUT2D eigenvalue weighted by molar-refractivity contribution is 6.96. The van der Waals surface area contributed by atoms with Crippen LogP contribution in [0.1, 0.15) is 36.8 Å². The fraction of sp³-hybridized carbons (Fsp3) is 0.267. The monoisotopic (exact) mass is 420 g/mol. The summed E-state index contributed by atoms with van der Waals surface area (Å²) in [4.78, 5) is 0. The Hall–Kier alpha value is -2.64. The van der Waals surface area contributed by atoms with Crippen LogP contribution >= 0.6 is 0 Å². The maximum atomic E-state index is 4.79. The molecule has 2 aliphatic rings. The number of hydrogen-bond donors (Lipinski definition) is 0. The van der Waals surface area contributed by atoms with Gasteiger partial charge < -0.3 is 0 Å². The summed E-state index contributed by atoms with van der Waals surface area (Å²) in [5.74, 6) is 0.667. The fourth-order valence-electron chi connectivity index (χ4n) is 6.38. The maximum Gasteiger partial charge on any atom is 0.108 e. The van der Waals surface area contributed by atoms with Gasteiger partial charge in [0.25, 0.3) is 0 Å². The SMILES string of the molecule is C=C(c1ccccc1)[C@@]12CCC[C@@H]1CC([Si](C)(C)c1ccccc1)=C2c1ccccc1. The van der Waals surface area contributed by atoms with Gasteiger partial charge in [-0.2, -0.15) is 0 Å².